The zero-order valence-electron chi connectivity index (χ0n) is 18.8. The van der Waals surface area contributed by atoms with Crippen LogP contribution in [0.5, 0.6) is 5.75 Å². The Balaban J connectivity index is 1.96. The van der Waals surface area contributed by atoms with Crippen LogP contribution < -0.4 is 9.64 Å². The SMILES string of the molecule is COc1cc(C)c(/C(O)=C2\C(=O)C(=O)N(c3cccc(Br)c3)C2c2cccs2)cc1C(C)C. The number of hydrogen-bond acceptors (Lipinski definition) is 5. The number of methoxy groups -OCH3 is 1. The van der Waals surface area contributed by atoms with Gasteiger partial charge in [-0.3, -0.25) is 14.5 Å². The highest BCUT2D eigenvalue weighted by Gasteiger charge is 2.47. The van der Waals surface area contributed by atoms with Crippen molar-refractivity contribution in [2.24, 2.45) is 0 Å². The molecule has 2 heterocycles. The lowest BCUT2D eigenvalue weighted by atomic mass is 9.92. The average molecular weight is 526 g/mol. The lowest BCUT2D eigenvalue weighted by molar-refractivity contribution is -0.132. The molecular weight excluding hydrogens is 502 g/mol. The molecule has 2 aromatic carbocycles. The third-order valence-corrected chi connectivity index (χ3v) is 7.22. The van der Waals surface area contributed by atoms with Crippen molar-refractivity contribution in [2.75, 3.05) is 12.0 Å². The van der Waals surface area contributed by atoms with Gasteiger partial charge in [0.2, 0.25) is 0 Å². The van der Waals surface area contributed by atoms with Gasteiger partial charge in [-0.25, -0.2) is 0 Å². The van der Waals surface area contributed by atoms with Crippen LogP contribution in [0.15, 0.2) is 64.0 Å². The summed E-state index contributed by atoms with van der Waals surface area (Å²) in [6.45, 7) is 5.93. The predicted molar refractivity (Wildman–Crippen MR) is 135 cm³/mol. The molecule has 5 nitrogen and oxygen atoms in total. The lowest BCUT2D eigenvalue weighted by Crippen LogP contribution is -2.29. The van der Waals surface area contributed by atoms with Gasteiger partial charge in [-0.15, -0.1) is 11.3 Å². The van der Waals surface area contributed by atoms with E-state index in [1.807, 2.05) is 62.5 Å². The summed E-state index contributed by atoms with van der Waals surface area (Å²) in [5, 5.41) is 13.4. The minimum atomic E-state index is -0.719. The van der Waals surface area contributed by atoms with E-state index in [9.17, 15) is 14.7 Å². The molecule has 4 rings (SSSR count). The molecule has 170 valence electrons. The average Bonchev–Trinajstić information content (AvgIpc) is 3.40. The second-order valence-electron chi connectivity index (χ2n) is 8.23. The number of thiophene rings is 1. The molecule has 0 bridgehead atoms. The molecule has 1 unspecified atom stereocenters. The standard InChI is InChI=1S/C26H24BrNO4S/c1-14(2)18-13-19(15(3)11-20(18)32-4)24(29)22-23(21-9-6-10-33-21)28(26(31)25(22)30)17-8-5-7-16(27)12-17/h5-14,23,29H,1-4H3/b24-22+. The van der Waals surface area contributed by atoms with Crippen molar-refractivity contribution >= 4 is 50.4 Å². The van der Waals surface area contributed by atoms with E-state index >= 15 is 0 Å². The number of benzene rings is 2. The molecule has 1 N–H and O–H groups in total. The number of amides is 1. The molecule has 0 spiro atoms. The number of carbonyl (C=O) groups is 2. The molecule has 0 radical (unpaired) electrons. The van der Waals surface area contributed by atoms with Crippen molar-refractivity contribution in [2.45, 2.75) is 32.7 Å². The first kappa shape index (κ1) is 23.3. The fourth-order valence-electron chi connectivity index (χ4n) is 4.17. The Morgan fingerprint density at radius 1 is 1.15 bits per heavy atom. The Hall–Kier alpha value is -2.90. The Kier molecular flexibility index (Phi) is 6.45. The van der Waals surface area contributed by atoms with Crippen molar-refractivity contribution in [3.05, 3.63) is 85.5 Å². The number of nitrogens with zero attached hydrogens (tertiary/aromatic N) is 1. The summed E-state index contributed by atoms with van der Waals surface area (Å²) in [4.78, 5) is 28.8. The van der Waals surface area contributed by atoms with Crippen molar-refractivity contribution in [1.29, 1.82) is 0 Å². The number of hydrogen-bond donors (Lipinski definition) is 1. The molecule has 33 heavy (non-hydrogen) atoms. The van der Waals surface area contributed by atoms with E-state index in [0.29, 0.717) is 11.3 Å². The van der Waals surface area contributed by atoms with Crippen molar-refractivity contribution in [3.63, 3.8) is 0 Å². The molecule has 1 saturated heterocycles. The Morgan fingerprint density at radius 3 is 2.52 bits per heavy atom. The Labute approximate surface area is 205 Å². The molecule has 1 atom stereocenters. The molecule has 1 aliphatic heterocycles. The van der Waals surface area contributed by atoms with Crippen LogP contribution in [0.25, 0.3) is 5.76 Å². The first-order valence-corrected chi connectivity index (χ1v) is 12.2. The summed E-state index contributed by atoms with van der Waals surface area (Å²) in [5.41, 5.74) is 2.86. The van der Waals surface area contributed by atoms with Crippen LogP contribution in [0.4, 0.5) is 5.69 Å². The summed E-state index contributed by atoms with van der Waals surface area (Å²) in [5.74, 6) is -0.672. The molecular formula is C26H24BrNO4S. The number of carbonyl (C=O) groups excluding carboxylic acids is 2. The first-order valence-electron chi connectivity index (χ1n) is 10.5. The highest BCUT2D eigenvalue weighted by molar-refractivity contribution is 9.10. The zero-order valence-corrected chi connectivity index (χ0v) is 21.2. The van der Waals surface area contributed by atoms with Gasteiger partial charge >= 0.3 is 0 Å². The lowest BCUT2D eigenvalue weighted by Gasteiger charge is -2.24. The highest BCUT2D eigenvalue weighted by Crippen LogP contribution is 2.45. The van der Waals surface area contributed by atoms with Crippen LogP contribution in [0.2, 0.25) is 0 Å². The molecule has 7 heteroatoms. The van der Waals surface area contributed by atoms with Crippen molar-refractivity contribution < 1.29 is 19.4 Å². The maximum absolute atomic E-state index is 13.3. The van der Waals surface area contributed by atoms with Crippen molar-refractivity contribution in [3.8, 4) is 5.75 Å². The smallest absolute Gasteiger partial charge is 0.300 e. The maximum Gasteiger partial charge on any atom is 0.300 e. The van der Waals surface area contributed by atoms with Gasteiger partial charge in [-0.2, -0.15) is 0 Å². The summed E-state index contributed by atoms with van der Waals surface area (Å²) in [6.07, 6.45) is 0. The van der Waals surface area contributed by atoms with Crippen LogP contribution in [0.3, 0.4) is 0 Å². The minimum Gasteiger partial charge on any atom is -0.507 e. The number of anilines is 1. The molecule has 0 aliphatic carbocycles. The van der Waals surface area contributed by atoms with Gasteiger partial charge < -0.3 is 9.84 Å². The number of rotatable bonds is 5. The molecule has 3 aromatic rings. The fourth-order valence-corrected chi connectivity index (χ4v) is 5.38. The summed E-state index contributed by atoms with van der Waals surface area (Å²) in [6, 6.07) is 14.0. The van der Waals surface area contributed by atoms with Crippen LogP contribution in [0, 0.1) is 6.92 Å². The van der Waals surface area contributed by atoms with Gasteiger partial charge in [-0.1, -0.05) is 41.9 Å². The van der Waals surface area contributed by atoms with Gasteiger partial charge in [-0.05, 0) is 65.7 Å². The van der Waals surface area contributed by atoms with Gasteiger partial charge in [0.1, 0.15) is 17.6 Å². The van der Waals surface area contributed by atoms with Gasteiger partial charge in [0.15, 0.2) is 0 Å². The summed E-state index contributed by atoms with van der Waals surface area (Å²) >= 11 is 4.88. The minimum absolute atomic E-state index is 0.0883. The van der Waals surface area contributed by atoms with E-state index in [0.717, 1.165) is 26.2 Å². The number of aliphatic hydroxyl groups is 1. The second-order valence-corrected chi connectivity index (χ2v) is 10.1. The van der Waals surface area contributed by atoms with Crippen LogP contribution in [0.1, 0.15) is 47.4 Å². The maximum atomic E-state index is 13.3. The third-order valence-electron chi connectivity index (χ3n) is 5.80. The number of aliphatic hydroxyl groups excluding tert-OH is 1. The number of ether oxygens (including phenoxy) is 1. The van der Waals surface area contributed by atoms with E-state index in [1.54, 1.807) is 19.2 Å². The summed E-state index contributed by atoms with van der Waals surface area (Å²) in [7, 11) is 1.61. The number of halogens is 1. The van der Waals surface area contributed by atoms with Crippen LogP contribution in [-0.2, 0) is 9.59 Å². The van der Waals surface area contributed by atoms with Gasteiger partial charge in [0.25, 0.3) is 11.7 Å². The van der Waals surface area contributed by atoms with Crippen LogP contribution in [-0.4, -0.2) is 23.9 Å². The van der Waals surface area contributed by atoms with E-state index in [2.05, 4.69) is 15.9 Å². The molecule has 0 saturated carbocycles. The molecule has 1 fully saturated rings. The largest absolute Gasteiger partial charge is 0.507 e. The molecule has 1 aliphatic rings. The zero-order chi connectivity index (χ0) is 23.9. The topological polar surface area (TPSA) is 66.8 Å². The normalized spacial score (nSPS) is 17.8. The number of Topliss-reactive ketones (excluding diaryl/α,β-unsaturated/α-hetero) is 1. The predicted octanol–water partition coefficient (Wildman–Crippen LogP) is 6.58. The highest BCUT2D eigenvalue weighted by atomic mass is 79.9. The quantitative estimate of drug-likeness (QED) is 0.232. The first-order chi connectivity index (χ1) is 15.7. The third kappa shape index (κ3) is 4.11. The fraction of sp³-hybridized carbons (Fsp3) is 0.231. The van der Waals surface area contributed by atoms with Crippen molar-refractivity contribution in [1.82, 2.24) is 0 Å². The Bertz CT molecular complexity index is 1260. The van der Waals surface area contributed by atoms with E-state index in [-0.39, 0.29) is 17.3 Å². The van der Waals surface area contributed by atoms with Crippen LogP contribution >= 0.6 is 27.3 Å². The van der Waals surface area contributed by atoms with Gasteiger partial charge in [0, 0.05) is 20.6 Å². The van der Waals surface area contributed by atoms with Gasteiger partial charge in [0.05, 0.1) is 12.7 Å². The molecule has 1 amide bonds. The van der Waals surface area contributed by atoms with E-state index in [4.69, 9.17) is 4.74 Å². The second kappa shape index (κ2) is 9.15. The van der Waals surface area contributed by atoms with E-state index < -0.39 is 17.7 Å². The summed E-state index contributed by atoms with van der Waals surface area (Å²) < 4.78 is 6.31. The number of aryl methyl sites for hydroxylation is 1. The molecule has 1 aromatic heterocycles. The Morgan fingerprint density at radius 2 is 1.91 bits per heavy atom. The van der Waals surface area contributed by atoms with E-state index in [1.165, 1.54) is 16.2 Å². The number of ketones is 1. The monoisotopic (exact) mass is 525 g/mol.